The average Bonchev–Trinajstić information content (AvgIpc) is 3.26. The summed E-state index contributed by atoms with van der Waals surface area (Å²) >= 11 is 0. The smallest absolute Gasteiger partial charge is 0.251 e. The lowest BCUT2D eigenvalue weighted by Crippen LogP contribution is -2.34. The minimum absolute atomic E-state index is 0.106. The number of amides is 2. The second-order valence-electron chi connectivity index (χ2n) is 7.93. The minimum Gasteiger partial charge on any atom is -0.348 e. The Morgan fingerprint density at radius 2 is 1.71 bits per heavy atom. The molecule has 4 rings (SSSR count). The van der Waals surface area contributed by atoms with E-state index in [9.17, 15) is 9.59 Å². The molecule has 0 spiro atoms. The van der Waals surface area contributed by atoms with Crippen LogP contribution in [-0.2, 0) is 16.8 Å². The fourth-order valence-electron chi connectivity index (χ4n) is 3.32. The van der Waals surface area contributed by atoms with Crippen LogP contribution in [-0.4, -0.2) is 21.2 Å². The molecule has 0 saturated heterocycles. The number of nitrogens with zero attached hydrogens (tertiary/aromatic N) is 2. The molecule has 2 amide bonds. The summed E-state index contributed by atoms with van der Waals surface area (Å²) in [6.07, 6.45) is 5.52. The van der Waals surface area contributed by atoms with E-state index in [-0.39, 0.29) is 11.8 Å². The maximum absolute atomic E-state index is 12.8. The summed E-state index contributed by atoms with van der Waals surface area (Å²) in [6.45, 7) is 4.19. The number of pyridine rings is 1. The van der Waals surface area contributed by atoms with Crippen molar-refractivity contribution in [1.82, 2.24) is 14.7 Å². The van der Waals surface area contributed by atoms with Gasteiger partial charge in [-0.25, -0.2) is 4.98 Å². The predicted molar refractivity (Wildman–Crippen MR) is 121 cm³/mol. The van der Waals surface area contributed by atoms with E-state index in [1.54, 1.807) is 30.5 Å². The summed E-state index contributed by atoms with van der Waals surface area (Å²) in [4.78, 5) is 29.5. The van der Waals surface area contributed by atoms with E-state index >= 15 is 0 Å². The van der Waals surface area contributed by atoms with Crippen LogP contribution in [0.4, 0.5) is 5.69 Å². The fraction of sp³-hybridized carbons (Fsp3) is 0.160. The molecule has 2 aromatic heterocycles. The summed E-state index contributed by atoms with van der Waals surface area (Å²) < 4.78 is 1.91. The largest absolute Gasteiger partial charge is 0.348 e. The summed E-state index contributed by atoms with van der Waals surface area (Å²) in [7, 11) is 0. The highest BCUT2D eigenvalue weighted by Crippen LogP contribution is 2.25. The van der Waals surface area contributed by atoms with Gasteiger partial charge in [-0.2, -0.15) is 0 Å². The van der Waals surface area contributed by atoms with Crippen LogP contribution in [0.1, 0.15) is 35.3 Å². The topological polar surface area (TPSA) is 75.5 Å². The van der Waals surface area contributed by atoms with Gasteiger partial charge >= 0.3 is 0 Å². The first-order valence-corrected chi connectivity index (χ1v) is 10.1. The zero-order valence-corrected chi connectivity index (χ0v) is 17.5. The molecule has 0 aliphatic rings. The Morgan fingerprint density at radius 3 is 2.45 bits per heavy atom. The number of rotatable bonds is 6. The molecule has 6 nitrogen and oxygen atoms in total. The zero-order valence-electron chi connectivity index (χ0n) is 17.5. The zero-order chi connectivity index (χ0) is 21.8. The second-order valence-corrected chi connectivity index (χ2v) is 7.93. The third-order valence-corrected chi connectivity index (χ3v) is 5.38. The van der Waals surface area contributed by atoms with E-state index < -0.39 is 5.41 Å². The minimum atomic E-state index is -0.673. The van der Waals surface area contributed by atoms with Gasteiger partial charge in [0.2, 0.25) is 5.91 Å². The van der Waals surface area contributed by atoms with Crippen LogP contribution in [0.3, 0.4) is 0 Å². The molecule has 0 saturated carbocycles. The number of anilines is 1. The normalized spacial score (nSPS) is 11.3. The van der Waals surface area contributed by atoms with Gasteiger partial charge in [-0.3, -0.25) is 9.59 Å². The third kappa shape index (κ3) is 4.48. The van der Waals surface area contributed by atoms with Gasteiger partial charge in [0.1, 0.15) is 5.65 Å². The Hall–Kier alpha value is -3.93. The first-order valence-electron chi connectivity index (χ1n) is 10.1. The van der Waals surface area contributed by atoms with Crippen LogP contribution in [0.5, 0.6) is 0 Å². The lowest BCUT2D eigenvalue weighted by Gasteiger charge is -2.24. The van der Waals surface area contributed by atoms with Gasteiger partial charge in [0.15, 0.2) is 0 Å². The Balaban J connectivity index is 1.37. The number of nitrogens with one attached hydrogen (secondary N) is 2. The lowest BCUT2D eigenvalue weighted by atomic mass is 9.83. The lowest BCUT2D eigenvalue weighted by molar-refractivity contribution is -0.120. The summed E-state index contributed by atoms with van der Waals surface area (Å²) in [5.41, 5.74) is 3.26. The van der Waals surface area contributed by atoms with Crippen molar-refractivity contribution in [3.63, 3.8) is 0 Å². The number of hydrogen-bond acceptors (Lipinski definition) is 3. The van der Waals surface area contributed by atoms with E-state index in [1.165, 1.54) is 0 Å². The average molecular weight is 412 g/mol. The molecule has 0 aliphatic heterocycles. The number of carbonyl (C=O) groups is 2. The molecule has 0 aliphatic carbocycles. The molecule has 156 valence electrons. The van der Waals surface area contributed by atoms with Crippen molar-refractivity contribution in [2.75, 3.05) is 5.32 Å². The van der Waals surface area contributed by atoms with Gasteiger partial charge in [-0.05, 0) is 61.4 Å². The molecule has 6 heteroatoms. The summed E-state index contributed by atoms with van der Waals surface area (Å²) in [5.74, 6) is -0.281. The molecule has 0 bridgehead atoms. The standard InChI is InChI=1S/C25H24N4O2/c1-25(2,20-6-4-3-5-7-20)24(31)28-21-10-8-19(9-11-21)23(30)27-17-18-12-14-29-15-13-26-22(29)16-18/h3-16H,17H2,1-2H3,(H,27,30)(H,28,31). The molecular formula is C25H24N4O2. The van der Waals surface area contributed by atoms with Gasteiger partial charge in [-0.15, -0.1) is 0 Å². The fourth-order valence-corrected chi connectivity index (χ4v) is 3.32. The van der Waals surface area contributed by atoms with Crippen LogP contribution in [0.2, 0.25) is 0 Å². The summed E-state index contributed by atoms with van der Waals surface area (Å²) in [5, 5.41) is 5.85. The number of imidazole rings is 1. The first-order chi connectivity index (χ1) is 14.9. The van der Waals surface area contributed by atoms with Crippen molar-refractivity contribution in [2.24, 2.45) is 0 Å². The molecular weight excluding hydrogens is 388 g/mol. The van der Waals surface area contributed by atoms with E-state index in [0.717, 1.165) is 16.8 Å². The van der Waals surface area contributed by atoms with Crippen LogP contribution < -0.4 is 10.6 Å². The molecule has 2 aromatic carbocycles. The number of carbonyl (C=O) groups excluding carboxylic acids is 2. The molecule has 31 heavy (non-hydrogen) atoms. The maximum atomic E-state index is 12.8. The molecule has 0 unspecified atom stereocenters. The third-order valence-electron chi connectivity index (χ3n) is 5.38. The monoisotopic (exact) mass is 412 g/mol. The molecule has 0 atom stereocenters. The predicted octanol–water partition coefficient (Wildman–Crippen LogP) is 4.18. The summed E-state index contributed by atoms with van der Waals surface area (Å²) in [6, 6.07) is 20.4. The van der Waals surface area contributed by atoms with E-state index in [2.05, 4.69) is 15.6 Å². The van der Waals surface area contributed by atoms with Crippen molar-refractivity contribution >= 4 is 23.1 Å². The van der Waals surface area contributed by atoms with Crippen molar-refractivity contribution in [3.8, 4) is 0 Å². The Morgan fingerprint density at radius 1 is 0.968 bits per heavy atom. The molecule has 2 N–H and O–H groups in total. The highest BCUT2D eigenvalue weighted by atomic mass is 16.2. The molecule has 0 fully saturated rings. The van der Waals surface area contributed by atoms with Crippen molar-refractivity contribution in [2.45, 2.75) is 25.8 Å². The quantitative estimate of drug-likeness (QED) is 0.499. The van der Waals surface area contributed by atoms with E-state index in [1.807, 2.05) is 73.1 Å². The van der Waals surface area contributed by atoms with E-state index in [4.69, 9.17) is 0 Å². The number of aromatic nitrogens is 2. The Bertz CT molecular complexity index is 1210. The molecule has 2 heterocycles. The maximum Gasteiger partial charge on any atom is 0.251 e. The highest BCUT2D eigenvalue weighted by molar-refractivity contribution is 5.99. The van der Waals surface area contributed by atoms with Crippen molar-refractivity contribution < 1.29 is 9.59 Å². The van der Waals surface area contributed by atoms with Crippen LogP contribution in [0.15, 0.2) is 85.3 Å². The van der Waals surface area contributed by atoms with Crippen LogP contribution in [0.25, 0.3) is 5.65 Å². The van der Waals surface area contributed by atoms with Crippen molar-refractivity contribution in [3.05, 3.63) is 102 Å². The van der Waals surface area contributed by atoms with Crippen LogP contribution in [0, 0.1) is 0 Å². The second kappa shape index (κ2) is 8.44. The van der Waals surface area contributed by atoms with Gasteiger partial charge in [0.25, 0.3) is 5.91 Å². The number of benzene rings is 2. The molecule has 0 radical (unpaired) electrons. The van der Waals surface area contributed by atoms with Crippen molar-refractivity contribution in [1.29, 1.82) is 0 Å². The number of fused-ring (bicyclic) bond motifs is 1. The van der Waals surface area contributed by atoms with Gasteiger partial charge in [-0.1, -0.05) is 30.3 Å². The van der Waals surface area contributed by atoms with Gasteiger partial charge in [0.05, 0.1) is 5.41 Å². The Labute approximate surface area is 180 Å². The van der Waals surface area contributed by atoms with E-state index in [0.29, 0.717) is 17.8 Å². The van der Waals surface area contributed by atoms with Gasteiger partial charge in [0, 0.05) is 36.4 Å². The Kier molecular flexibility index (Phi) is 5.54. The highest BCUT2D eigenvalue weighted by Gasteiger charge is 2.29. The SMILES string of the molecule is CC(C)(C(=O)Nc1ccc(C(=O)NCc2ccn3ccnc3c2)cc1)c1ccccc1. The number of hydrogen-bond donors (Lipinski definition) is 2. The molecule has 4 aromatic rings. The van der Waals surface area contributed by atoms with Gasteiger partial charge < -0.3 is 15.0 Å². The van der Waals surface area contributed by atoms with Crippen LogP contribution >= 0.6 is 0 Å². The first kappa shape index (κ1) is 20.3.